The molecule has 0 aliphatic carbocycles. The molecule has 0 aliphatic rings. The summed E-state index contributed by atoms with van der Waals surface area (Å²) in [5.74, 6) is 2.50. The van der Waals surface area contributed by atoms with Crippen molar-refractivity contribution in [1.82, 2.24) is 15.0 Å². The number of carbonyl (C=O) groups is 1. The zero-order valence-electron chi connectivity index (χ0n) is 18.3. The SMILES string of the molecule is CCCOc1ccc(CN(CCC)C(=O)CCc2nc(-c3ccsc3)no2)cc1OC. The van der Waals surface area contributed by atoms with Gasteiger partial charge in [0.2, 0.25) is 17.6 Å². The molecule has 0 radical (unpaired) electrons. The molecule has 3 aromatic rings. The lowest BCUT2D eigenvalue weighted by Crippen LogP contribution is -2.31. The lowest BCUT2D eigenvalue weighted by molar-refractivity contribution is -0.131. The van der Waals surface area contributed by atoms with Crippen LogP contribution in [0, 0.1) is 0 Å². The number of hydrogen-bond donors (Lipinski definition) is 0. The van der Waals surface area contributed by atoms with E-state index >= 15 is 0 Å². The van der Waals surface area contributed by atoms with Gasteiger partial charge in [0, 0.05) is 36.9 Å². The zero-order valence-corrected chi connectivity index (χ0v) is 19.1. The maximum atomic E-state index is 12.9. The fourth-order valence-corrected chi connectivity index (χ4v) is 3.80. The zero-order chi connectivity index (χ0) is 22.1. The first kappa shape index (κ1) is 22.8. The summed E-state index contributed by atoms with van der Waals surface area (Å²) in [6.45, 7) is 5.96. The van der Waals surface area contributed by atoms with Crippen LogP contribution in [0.1, 0.15) is 44.6 Å². The molecule has 0 atom stereocenters. The summed E-state index contributed by atoms with van der Waals surface area (Å²) in [6.07, 6.45) is 2.55. The summed E-state index contributed by atoms with van der Waals surface area (Å²) in [4.78, 5) is 19.1. The van der Waals surface area contributed by atoms with Crippen LogP contribution in [0.5, 0.6) is 11.5 Å². The Morgan fingerprint density at radius 1 is 1.19 bits per heavy atom. The van der Waals surface area contributed by atoms with Crippen LogP contribution in [0.25, 0.3) is 11.4 Å². The number of hydrogen-bond acceptors (Lipinski definition) is 7. The minimum absolute atomic E-state index is 0.0578. The highest BCUT2D eigenvalue weighted by molar-refractivity contribution is 7.08. The summed E-state index contributed by atoms with van der Waals surface area (Å²) in [5, 5.41) is 7.94. The topological polar surface area (TPSA) is 77.7 Å². The maximum Gasteiger partial charge on any atom is 0.227 e. The molecule has 0 spiro atoms. The molecule has 0 bridgehead atoms. The minimum Gasteiger partial charge on any atom is -0.493 e. The average molecular weight is 444 g/mol. The van der Waals surface area contributed by atoms with Crippen molar-refractivity contribution in [2.24, 2.45) is 0 Å². The average Bonchev–Trinajstić information content (AvgIpc) is 3.48. The van der Waals surface area contributed by atoms with Gasteiger partial charge in [-0.1, -0.05) is 25.1 Å². The van der Waals surface area contributed by atoms with Crippen LogP contribution in [-0.2, 0) is 17.8 Å². The van der Waals surface area contributed by atoms with E-state index in [1.807, 2.05) is 39.9 Å². The van der Waals surface area contributed by atoms with Gasteiger partial charge < -0.3 is 18.9 Å². The largest absolute Gasteiger partial charge is 0.493 e. The number of methoxy groups -OCH3 is 1. The van der Waals surface area contributed by atoms with Crippen molar-refractivity contribution < 1.29 is 18.8 Å². The van der Waals surface area contributed by atoms with E-state index in [1.54, 1.807) is 18.4 Å². The first-order chi connectivity index (χ1) is 15.1. The van der Waals surface area contributed by atoms with Crippen molar-refractivity contribution >= 4 is 17.2 Å². The smallest absolute Gasteiger partial charge is 0.227 e. The lowest BCUT2D eigenvalue weighted by Gasteiger charge is -2.22. The second kappa shape index (κ2) is 11.5. The number of aryl methyl sites for hydroxylation is 1. The van der Waals surface area contributed by atoms with Crippen molar-refractivity contribution in [3.05, 3.63) is 46.5 Å². The molecule has 2 heterocycles. The molecular formula is C23H29N3O4S. The van der Waals surface area contributed by atoms with E-state index < -0.39 is 0 Å². The Hall–Kier alpha value is -2.87. The lowest BCUT2D eigenvalue weighted by atomic mass is 10.1. The molecule has 31 heavy (non-hydrogen) atoms. The van der Waals surface area contributed by atoms with Crippen LogP contribution < -0.4 is 9.47 Å². The Kier molecular flexibility index (Phi) is 8.46. The highest BCUT2D eigenvalue weighted by Crippen LogP contribution is 2.29. The first-order valence-electron chi connectivity index (χ1n) is 10.6. The van der Waals surface area contributed by atoms with Crippen molar-refractivity contribution in [3.8, 4) is 22.9 Å². The van der Waals surface area contributed by atoms with Crippen LogP contribution in [0.3, 0.4) is 0 Å². The maximum absolute atomic E-state index is 12.9. The van der Waals surface area contributed by atoms with Gasteiger partial charge in [0.25, 0.3) is 0 Å². The van der Waals surface area contributed by atoms with Crippen LogP contribution in [0.4, 0.5) is 0 Å². The first-order valence-corrected chi connectivity index (χ1v) is 11.5. The van der Waals surface area contributed by atoms with Gasteiger partial charge in [0.15, 0.2) is 11.5 Å². The molecule has 7 nitrogen and oxygen atoms in total. The summed E-state index contributed by atoms with van der Waals surface area (Å²) in [7, 11) is 1.63. The van der Waals surface area contributed by atoms with Gasteiger partial charge in [-0.3, -0.25) is 4.79 Å². The minimum atomic E-state index is 0.0578. The molecule has 0 aliphatic heterocycles. The Morgan fingerprint density at radius 2 is 2.06 bits per heavy atom. The molecule has 1 amide bonds. The highest BCUT2D eigenvalue weighted by Gasteiger charge is 2.17. The van der Waals surface area contributed by atoms with Crippen LogP contribution in [0.15, 0.2) is 39.5 Å². The van der Waals surface area contributed by atoms with Gasteiger partial charge in [-0.25, -0.2) is 0 Å². The second-order valence-corrected chi connectivity index (χ2v) is 7.95. The molecule has 0 saturated carbocycles. The van der Waals surface area contributed by atoms with Gasteiger partial charge >= 0.3 is 0 Å². The molecular weight excluding hydrogens is 414 g/mol. The quantitative estimate of drug-likeness (QED) is 0.393. The normalized spacial score (nSPS) is 10.8. The van der Waals surface area contributed by atoms with Crippen LogP contribution in [0.2, 0.25) is 0 Å². The Morgan fingerprint density at radius 3 is 2.77 bits per heavy atom. The van der Waals surface area contributed by atoms with E-state index in [2.05, 4.69) is 24.0 Å². The van der Waals surface area contributed by atoms with E-state index in [0.717, 1.165) is 29.7 Å². The summed E-state index contributed by atoms with van der Waals surface area (Å²) < 4.78 is 16.5. The summed E-state index contributed by atoms with van der Waals surface area (Å²) >= 11 is 1.58. The van der Waals surface area contributed by atoms with Gasteiger partial charge in [0.05, 0.1) is 13.7 Å². The van der Waals surface area contributed by atoms with Gasteiger partial charge in [-0.05, 0) is 42.0 Å². The molecule has 3 rings (SSSR count). The molecule has 1 aromatic carbocycles. The van der Waals surface area contributed by atoms with Crippen molar-refractivity contribution in [2.45, 2.75) is 46.1 Å². The fraction of sp³-hybridized carbons (Fsp3) is 0.435. The predicted molar refractivity (Wildman–Crippen MR) is 120 cm³/mol. The molecule has 0 saturated heterocycles. The number of nitrogens with zero attached hydrogens (tertiary/aromatic N) is 3. The monoisotopic (exact) mass is 443 g/mol. The predicted octanol–water partition coefficient (Wildman–Crippen LogP) is 4.97. The number of aromatic nitrogens is 2. The number of rotatable bonds is 12. The van der Waals surface area contributed by atoms with Crippen LogP contribution in [-0.4, -0.2) is 41.2 Å². The third-order valence-corrected chi connectivity index (χ3v) is 5.39. The van der Waals surface area contributed by atoms with E-state index in [4.69, 9.17) is 14.0 Å². The molecule has 166 valence electrons. The van der Waals surface area contributed by atoms with E-state index in [0.29, 0.717) is 50.0 Å². The van der Waals surface area contributed by atoms with E-state index in [-0.39, 0.29) is 5.91 Å². The van der Waals surface area contributed by atoms with E-state index in [1.165, 1.54) is 0 Å². The number of carbonyl (C=O) groups excluding carboxylic acids is 1. The van der Waals surface area contributed by atoms with Gasteiger partial charge in [-0.2, -0.15) is 16.3 Å². The molecule has 2 aromatic heterocycles. The Balaban J connectivity index is 1.61. The Bertz CT molecular complexity index is 956. The number of amides is 1. The summed E-state index contributed by atoms with van der Waals surface area (Å²) in [5.41, 5.74) is 1.93. The number of benzene rings is 1. The fourth-order valence-electron chi connectivity index (χ4n) is 3.16. The van der Waals surface area contributed by atoms with Crippen LogP contribution >= 0.6 is 11.3 Å². The van der Waals surface area contributed by atoms with Crippen molar-refractivity contribution in [1.29, 1.82) is 0 Å². The standard InChI is InChI=1S/C23H29N3O4S/c1-4-11-26(15-17-6-7-19(29-12-5-2)20(14-17)28-3)22(27)9-8-21-24-23(25-30-21)18-10-13-31-16-18/h6-7,10,13-14,16H,4-5,8-9,11-12,15H2,1-3H3. The van der Waals surface area contributed by atoms with Gasteiger partial charge in [0.1, 0.15) is 0 Å². The van der Waals surface area contributed by atoms with Gasteiger partial charge in [-0.15, -0.1) is 0 Å². The highest BCUT2D eigenvalue weighted by atomic mass is 32.1. The third-order valence-electron chi connectivity index (χ3n) is 4.71. The summed E-state index contributed by atoms with van der Waals surface area (Å²) in [6, 6.07) is 7.77. The molecule has 0 fully saturated rings. The van der Waals surface area contributed by atoms with Crippen molar-refractivity contribution in [2.75, 3.05) is 20.3 Å². The molecule has 0 N–H and O–H groups in total. The van der Waals surface area contributed by atoms with E-state index in [9.17, 15) is 4.79 Å². The third kappa shape index (κ3) is 6.30. The number of thiophene rings is 1. The molecule has 0 unspecified atom stereocenters. The number of ether oxygens (including phenoxy) is 2. The second-order valence-electron chi connectivity index (χ2n) is 7.17. The Labute approximate surface area is 187 Å². The van der Waals surface area contributed by atoms with Crippen molar-refractivity contribution in [3.63, 3.8) is 0 Å². The molecule has 8 heteroatoms.